The van der Waals surface area contributed by atoms with Crippen molar-refractivity contribution < 1.29 is 19.1 Å². The van der Waals surface area contributed by atoms with E-state index < -0.39 is 0 Å². The van der Waals surface area contributed by atoms with Crippen molar-refractivity contribution in [3.63, 3.8) is 0 Å². The number of aryl methyl sites for hydroxylation is 2. The van der Waals surface area contributed by atoms with Crippen LogP contribution in [0.3, 0.4) is 0 Å². The zero-order valence-corrected chi connectivity index (χ0v) is 18.6. The van der Waals surface area contributed by atoms with Gasteiger partial charge in [-0.1, -0.05) is 6.92 Å². The maximum atomic E-state index is 8.36. The minimum absolute atomic E-state index is 0.203. The summed E-state index contributed by atoms with van der Waals surface area (Å²) in [6.07, 6.45) is 4.28. The molecule has 9 heteroatoms. The van der Waals surface area contributed by atoms with Gasteiger partial charge in [-0.05, 0) is 49.4 Å². The normalized spacial score (nSPS) is 15.2. The van der Waals surface area contributed by atoms with Gasteiger partial charge in [-0.25, -0.2) is 4.98 Å². The molecule has 0 aliphatic carbocycles. The van der Waals surface area contributed by atoms with E-state index in [0.717, 1.165) is 83.9 Å². The van der Waals surface area contributed by atoms with Gasteiger partial charge in [0, 0.05) is 37.0 Å². The topological polar surface area (TPSA) is 120 Å². The minimum Gasteiger partial charge on any atom is -0.491 e. The Morgan fingerprint density at radius 2 is 1.88 bits per heavy atom. The first-order valence-electron chi connectivity index (χ1n) is 11.3. The highest BCUT2D eigenvalue weighted by molar-refractivity contribution is 5.91. The van der Waals surface area contributed by atoms with E-state index in [-0.39, 0.29) is 12.5 Å². The lowest BCUT2D eigenvalue weighted by Crippen LogP contribution is -2.17. The number of nitrogens with zero attached hydrogens (tertiary/aromatic N) is 4. The Hall–Kier alpha value is -3.75. The Balaban J connectivity index is 0.000000724. The van der Waals surface area contributed by atoms with E-state index in [4.69, 9.17) is 29.8 Å². The summed E-state index contributed by atoms with van der Waals surface area (Å²) in [5, 5.41) is 6.89. The molecule has 3 N–H and O–H groups in total. The molecule has 2 aromatic carbocycles. The average Bonchev–Trinajstić information content (AvgIpc) is 3.51. The second kappa shape index (κ2) is 8.65. The molecular weight excluding hydrogens is 422 g/mol. The standard InChI is InChI=1S/C23H25N5O2.CH2O2/c1-2-14-10-15(11-18-21(14)30-23(24)26-18)22-25-17-12-16(27-6-3-4-7-27)13-19-20(17)28(22)8-5-9-29-19;2-1-3/h10-13H,2-9H2,1H3,(H2,24,26);1H,(H,2,3). The van der Waals surface area contributed by atoms with Gasteiger partial charge >= 0.3 is 0 Å². The Morgan fingerprint density at radius 3 is 2.64 bits per heavy atom. The zero-order valence-electron chi connectivity index (χ0n) is 18.6. The number of rotatable bonds is 3. The molecule has 0 radical (unpaired) electrons. The molecule has 0 amide bonds. The van der Waals surface area contributed by atoms with Crippen LogP contribution >= 0.6 is 0 Å². The highest BCUT2D eigenvalue weighted by Gasteiger charge is 2.23. The Morgan fingerprint density at radius 1 is 1.09 bits per heavy atom. The van der Waals surface area contributed by atoms with Crippen LogP contribution in [-0.4, -0.2) is 45.8 Å². The molecule has 6 rings (SSSR count). The number of nitrogens with two attached hydrogens (primary N) is 1. The van der Waals surface area contributed by atoms with Crippen LogP contribution in [-0.2, 0) is 17.8 Å². The molecule has 2 aromatic heterocycles. The molecule has 33 heavy (non-hydrogen) atoms. The highest BCUT2D eigenvalue weighted by Crippen LogP contribution is 2.38. The van der Waals surface area contributed by atoms with Crippen molar-refractivity contribution >= 4 is 40.3 Å². The fourth-order valence-corrected chi connectivity index (χ4v) is 4.84. The third kappa shape index (κ3) is 3.73. The number of ether oxygens (including phenoxy) is 1. The number of oxazole rings is 1. The van der Waals surface area contributed by atoms with Crippen LogP contribution in [0.5, 0.6) is 5.75 Å². The van der Waals surface area contributed by atoms with E-state index in [9.17, 15) is 0 Å². The van der Waals surface area contributed by atoms with Gasteiger partial charge in [0.05, 0.1) is 12.1 Å². The summed E-state index contributed by atoms with van der Waals surface area (Å²) in [5.74, 6) is 1.89. The number of hydrogen-bond donors (Lipinski definition) is 2. The lowest BCUT2D eigenvalue weighted by Gasteiger charge is -2.18. The quantitative estimate of drug-likeness (QED) is 0.449. The van der Waals surface area contributed by atoms with Crippen LogP contribution in [0.15, 0.2) is 28.7 Å². The van der Waals surface area contributed by atoms with Crippen LogP contribution in [0.25, 0.3) is 33.5 Å². The molecule has 9 nitrogen and oxygen atoms in total. The molecular formula is C24H27N5O4. The van der Waals surface area contributed by atoms with Crippen molar-refractivity contribution in [2.75, 3.05) is 30.3 Å². The molecule has 0 unspecified atom stereocenters. The van der Waals surface area contributed by atoms with Gasteiger partial charge in [0.2, 0.25) is 0 Å². The zero-order chi connectivity index (χ0) is 22.9. The number of nitrogen functional groups attached to an aromatic ring is 1. The lowest BCUT2D eigenvalue weighted by atomic mass is 10.1. The van der Waals surface area contributed by atoms with Crippen molar-refractivity contribution in [1.82, 2.24) is 14.5 Å². The number of fused-ring (bicyclic) bond motifs is 1. The van der Waals surface area contributed by atoms with Gasteiger partial charge < -0.3 is 29.5 Å². The largest absolute Gasteiger partial charge is 0.491 e. The fourth-order valence-electron chi connectivity index (χ4n) is 4.84. The van der Waals surface area contributed by atoms with Crippen molar-refractivity contribution in [1.29, 1.82) is 0 Å². The number of imidazole rings is 1. The number of hydrogen-bond acceptors (Lipinski definition) is 7. The molecule has 1 fully saturated rings. The SMILES string of the molecule is CCc1cc(-c2nc3cc(N4CCCC4)cc4c3n2CCCO4)cc2nc(N)oc12.O=CO. The van der Waals surface area contributed by atoms with Crippen molar-refractivity contribution in [2.24, 2.45) is 0 Å². The maximum absolute atomic E-state index is 8.36. The molecule has 2 aliphatic rings. The Kier molecular flexibility index (Phi) is 5.53. The van der Waals surface area contributed by atoms with E-state index in [2.05, 4.69) is 39.6 Å². The van der Waals surface area contributed by atoms with Crippen LogP contribution in [0.2, 0.25) is 0 Å². The molecule has 1 saturated heterocycles. The molecule has 4 aromatic rings. The number of carboxylic acid groups (broad SMARTS) is 1. The predicted molar refractivity (Wildman–Crippen MR) is 127 cm³/mol. The summed E-state index contributed by atoms with van der Waals surface area (Å²) in [6, 6.07) is 8.80. The second-order valence-corrected chi connectivity index (χ2v) is 8.29. The number of benzene rings is 2. The van der Waals surface area contributed by atoms with E-state index in [0.29, 0.717) is 0 Å². The Bertz CT molecular complexity index is 1320. The first-order valence-corrected chi connectivity index (χ1v) is 11.3. The second-order valence-electron chi connectivity index (χ2n) is 8.29. The van der Waals surface area contributed by atoms with Crippen molar-refractivity contribution in [3.8, 4) is 17.1 Å². The van der Waals surface area contributed by atoms with Crippen LogP contribution < -0.4 is 15.4 Å². The van der Waals surface area contributed by atoms with Crippen LogP contribution in [0.1, 0.15) is 31.7 Å². The highest BCUT2D eigenvalue weighted by atomic mass is 16.5. The maximum Gasteiger partial charge on any atom is 0.292 e. The average molecular weight is 450 g/mol. The summed E-state index contributed by atoms with van der Waals surface area (Å²) in [6.45, 7) is 5.66. The van der Waals surface area contributed by atoms with Crippen LogP contribution in [0, 0.1) is 0 Å². The van der Waals surface area contributed by atoms with Gasteiger partial charge in [-0.3, -0.25) is 4.79 Å². The molecule has 0 spiro atoms. The third-order valence-corrected chi connectivity index (χ3v) is 6.27. The van der Waals surface area contributed by atoms with E-state index in [1.54, 1.807) is 0 Å². The minimum atomic E-state index is -0.250. The van der Waals surface area contributed by atoms with Crippen molar-refractivity contribution in [3.05, 3.63) is 29.8 Å². The predicted octanol–water partition coefficient (Wildman–Crippen LogP) is 4.07. The molecule has 4 heterocycles. The molecule has 0 saturated carbocycles. The van der Waals surface area contributed by atoms with Gasteiger partial charge in [-0.15, -0.1) is 0 Å². The summed E-state index contributed by atoms with van der Waals surface area (Å²) in [4.78, 5) is 20.3. The number of carbonyl (C=O) groups is 1. The molecule has 0 atom stereocenters. The van der Waals surface area contributed by atoms with Gasteiger partial charge in [0.1, 0.15) is 22.6 Å². The van der Waals surface area contributed by atoms with Crippen LogP contribution in [0.4, 0.5) is 11.7 Å². The number of aromatic nitrogens is 3. The Labute approximate surface area is 190 Å². The van der Waals surface area contributed by atoms with Gasteiger partial charge in [-0.2, -0.15) is 4.98 Å². The van der Waals surface area contributed by atoms with E-state index in [1.165, 1.54) is 18.5 Å². The molecule has 0 bridgehead atoms. The monoisotopic (exact) mass is 449 g/mol. The van der Waals surface area contributed by atoms with Gasteiger partial charge in [0.25, 0.3) is 12.5 Å². The summed E-state index contributed by atoms with van der Waals surface area (Å²) >= 11 is 0. The third-order valence-electron chi connectivity index (χ3n) is 6.27. The summed E-state index contributed by atoms with van der Waals surface area (Å²) in [7, 11) is 0. The smallest absolute Gasteiger partial charge is 0.292 e. The van der Waals surface area contributed by atoms with E-state index in [1.807, 2.05) is 6.07 Å². The summed E-state index contributed by atoms with van der Waals surface area (Å²) < 4.78 is 14.1. The first kappa shape index (κ1) is 21.1. The first-order chi connectivity index (χ1) is 16.1. The lowest BCUT2D eigenvalue weighted by molar-refractivity contribution is -0.122. The summed E-state index contributed by atoms with van der Waals surface area (Å²) in [5.41, 5.74) is 12.8. The number of anilines is 2. The fraction of sp³-hybridized carbons (Fsp3) is 0.375. The molecule has 2 aliphatic heterocycles. The van der Waals surface area contributed by atoms with Crippen molar-refractivity contribution in [2.45, 2.75) is 39.2 Å². The van der Waals surface area contributed by atoms with Gasteiger partial charge in [0.15, 0.2) is 5.58 Å². The molecule has 172 valence electrons. The van der Waals surface area contributed by atoms with E-state index >= 15 is 0 Å².